The molecule has 0 fully saturated rings. The lowest BCUT2D eigenvalue weighted by atomic mass is 9.94. The van der Waals surface area contributed by atoms with E-state index < -0.39 is 23.6 Å². The summed E-state index contributed by atoms with van der Waals surface area (Å²) in [6.07, 6.45) is 0. The van der Waals surface area contributed by atoms with E-state index in [1.807, 2.05) is 31.2 Å². The van der Waals surface area contributed by atoms with E-state index >= 15 is 0 Å². The first-order valence-corrected chi connectivity index (χ1v) is 8.65. The number of anilines is 1. The van der Waals surface area contributed by atoms with E-state index in [4.69, 9.17) is 17.0 Å². The Morgan fingerprint density at radius 3 is 2.56 bits per heavy atom. The molecule has 7 heteroatoms. The van der Waals surface area contributed by atoms with Gasteiger partial charge in [0.1, 0.15) is 11.6 Å². The summed E-state index contributed by atoms with van der Waals surface area (Å²) in [6.45, 7) is 3.66. The summed E-state index contributed by atoms with van der Waals surface area (Å²) in [7, 11) is 1.25. The predicted octanol–water partition coefficient (Wildman–Crippen LogP) is 4.16. The normalized spacial score (nSPS) is 17.0. The first kappa shape index (κ1) is 19.0. The molecule has 0 spiro atoms. The molecule has 0 saturated heterocycles. The summed E-state index contributed by atoms with van der Waals surface area (Å²) < 4.78 is 32.6. The zero-order valence-electron chi connectivity index (χ0n) is 15.0. The summed E-state index contributed by atoms with van der Waals surface area (Å²) >= 11 is 5.48. The van der Waals surface area contributed by atoms with Crippen LogP contribution in [0.5, 0.6) is 0 Å². The molecule has 4 nitrogen and oxygen atoms in total. The number of carbonyl (C=O) groups is 1. The van der Waals surface area contributed by atoms with E-state index in [1.54, 1.807) is 11.8 Å². The summed E-state index contributed by atoms with van der Waals surface area (Å²) in [5.41, 5.74) is 2.63. The average Bonchev–Trinajstić information content (AvgIpc) is 2.61. The Morgan fingerprint density at radius 2 is 1.93 bits per heavy atom. The van der Waals surface area contributed by atoms with Crippen molar-refractivity contribution in [3.63, 3.8) is 0 Å². The number of methoxy groups -OCH3 is 1. The van der Waals surface area contributed by atoms with Crippen molar-refractivity contribution in [2.45, 2.75) is 19.9 Å². The highest BCUT2D eigenvalue weighted by molar-refractivity contribution is 7.80. The quantitative estimate of drug-likeness (QED) is 0.632. The van der Waals surface area contributed by atoms with Gasteiger partial charge in [0.05, 0.1) is 18.7 Å². The molecule has 1 aliphatic heterocycles. The van der Waals surface area contributed by atoms with Gasteiger partial charge in [-0.05, 0) is 49.8 Å². The number of thiocarbonyl (C=S) groups is 1. The van der Waals surface area contributed by atoms with E-state index in [0.717, 1.165) is 23.4 Å². The molecule has 0 unspecified atom stereocenters. The highest BCUT2D eigenvalue weighted by Crippen LogP contribution is 2.35. The molecule has 27 heavy (non-hydrogen) atoms. The van der Waals surface area contributed by atoms with Gasteiger partial charge in [-0.2, -0.15) is 0 Å². The van der Waals surface area contributed by atoms with Crippen LogP contribution in [0.2, 0.25) is 0 Å². The minimum Gasteiger partial charge on any atom is -0.466 e. The van der Waals surface area contributed by atoms with Gasteiger partial charge in [0.2, 0.25) is 0 Å². The number of halogens is 2. The molecular weight excluding hydrogens is 370 g/mol. The Balaban J connectivity index is 2.17. The molecule has 140 valence electrons. The van der Waals surface area contributed by atoms with E-state index in [2.05, 4.69) is 5.32 Å². The Hall–Kier alpha value is -2.80. The van der Waals surface area contributed by atoms with Crippen molar-refractivity contribution in [1.82, 2.24) is 5.32 Å². The number of nitrogens with zero attached hydrogens (tertiary/aromatic N) is 1. The van der Waals surface area contributed by atoms with Crippen LogP contribution in [0.3, 0.4) is 0 Å². The third kappa shape index (κ3) is 3.55. The molecule has 0 aliphatic carbocycles. The molecular formula is C20H18F2N2O2S. The first-order valence-electron chi connectivity index (χ1n) is 8.24. The van der Waals surface area contributed by atoms with Crippen molar-refractivity contribution >= 4 is 29.0 Å². The summed E-state index contributed by atoms with van der Waals surface area (Å²) in [5, 5.41) is 3.30. The van der Waals surface area contributed by atoms with Gasteiger partial charge in [-0.1, -0.05) is 18.2 Å². The Labute approximate surface area is 161 Å². The van der Waals surface area contributed by atoms with Crippen LogP contribution in [0, 0.1) is 18.6 Å². The van der Waals surface area contributed by atoms with Crippen molar-refractivity contribution in [3.8, 4) is 0 Å². The van der Waals surface area contributed by atoms with Gasteiger partial charge in [-0.25, -0.2) is 13.6 Å². The molecule has 3 rings (SSSR count). The molecule has 0 saturated carbocycles. The number of allylic oxidation sites excluding steroid dienone is 1. The first-order chi connectivity index (χ1) is 12.8. The molecule has 0 radical (unpaired) electrons. The third-order valence-electron chi connectivity index (χ3n) is 4.42. The van der Waals surface area contributed by atoms with Crippen LogP contribution < -0.4 is 10.2 Å². The van der Waals surface area contributed by atoms with Crippen LogP contribution >= 0.6 is 12.2 Å². The van der Waals surface area contributed by atoms with Gasteiger partial charge in [0, 0.05) is 23.0 Å². The molecule has 1 atom stereocenters. The number of benzene rings is 2. The van der Waals surface area contributed by atoms with Crippen LogP contribution in [0.4, 0.5) is 14.5 Å². The molecule has 2 aromatic carbocycles. The number of hydrogen-bond donors (Lipinski definition) is 1. The van der Waals surface area contributed by atoms with Gasteiger partial charge in [0.15, 0.2) is 5.11 Å². The third-order valence-corrected chi connectivity index (χ3v) is 4.72. The maximum absolute atomic E-state index is 14.4. The lowest BCUT2D eigenvalue weighted by Gasteiger charge is -2.37. The van der Waals surface area contributed by atoms with Crippen LogP contribution in [0.25, 0.3) is 0 Å². The van der Waals surface area contributed by atoms with Crippen molar-refractivity contribution in [3.05, 3.63) is 76.5 Å². The van der Waals surface area contributed by atoms with Gasteiger partial charge in [0.25, 0.3) is 0 Å². The fourth-order valence-corrected chi connectivity index (χ4v) is 3.52. The smallest absolute Gasteiger partial charge is 0.337 e. The number of esters is 1. The molecule has 1 aliphatic rings. The molecule has 0 aromatic heterocycles. The fraction of sp³-hybridized carbons (Fsp3) is 0.200. The van der Waals surface area contributed by atoms with Gasteiger partial charge in [-0.3, -0.25) is 4.90 Å². The fourth-order valence-electron chi connectivity index (χ4n) is 3.16. The van der Waals surface area contributed by atoms with Crippen molar-refractivity contribution in [2.24, 2.45) is 0 Å². The number of ether oxygens (including phenoxy) is 1. The van der Waals surface area contributed by atoms with Crippen LogP contribution in [0.15, 0.2) is 53.7 Å². The van der Waals surface area contributed by atoms with E-state index in [9.17, 15) is 13.6 Å². The lowest BCUT2D eigenvalue weighted by molar-refractivity contribution is -0.136. The van der Waals surface area contributed by atoms with E-state index in [0.29, 0.717) is 10.8 Å². The standard InChI is InChI=1S/C20H18F2N2O2S/c1-11-5-4-6-14(9-11)24-12(2)17(19(25)26-3)18(23-20(24)27)15-8-7-13(21)10-16(15)22/h4-10,18H,1-3H3,(H,23,27)/t18-/m0/s1. The second-order valence-corrected chi connectivity index (χ2v) is 6.60. The Morgan fingerprint density at radius 1 is 1.19 bits per heavy atom. The van der Waals surface area contributed by atoms with E-state index in [-0.39, 0.29) is 11.1 Å². The number of carbonyl (C=O) groups excluding carboxylic acids is 1. The molecule has 1 N–H and O–H groups in total. The average molecular weight is 388 g/mol. The molecule has 2 aromatic rings. The number of hydrogen-bond acceptors (Lipinski definition) is 3. The molecule has 0 amide bonds. The summed E-state index contributed by atoms with van der Waals surface area (Å²) in [4.78, 5) is 14.2. The zero-order chi connectivity index (χ0) is 19.7. The molecule has 0 bridgehead atoms. The van der Waals surface area contributed by atoms with Crippen LogP contribution in [-0.4, -0.2) is 18.2 Å². The summed E-state index contributed by atoms with van der Waals surface area (Å²) in [5.74, 6) is -2.08. The van der Waals surface area contributed by atoms with E-state index in [1.165, 1.54) is 13.2 Å². The molecule has 1 heterocycles. The highest BCUT2D eigenvalue weighted by atomic mass is 32.1. The monoisotopic (exact) mass is 388 g/mol. The highest BCUT2D eigenvalue weighted by Gasteiger charge is 2.36. The second kappa shape index (κ2) is 7.44. The predicted molar refractivity (Wildman–Crippen MR) is 103 cm³/mol. The van der Waals surface area contributed by atoms with Gasteiger partial charge < -0.3 is 10.1 Å². The van der Waals surface area contributed by atoms with Crippen molar-refractivity contribution in [2.75, 3.05) is 12.0 Å². The lowest BCUT2D eigenvalue weighted by Crippen LogP contribution is -2.48. The second-order valence-electron chi connectivity index (χ2n) is 6.21. The number of aryl methyl sites for hydroxylation is 1. The minimum absolute atomic E-state index is 0.113. The van der Waals surface area contributed by atoms with Crippen molar-refractivity contribution < 1.29 is 18.3 Å². The summed E-state index contributed by atoms with van der Waals surface area (Å²) in [6, 6.07) is 9.93. The van der Waals surface area contributed by atoms with Crippen molar-refractivity contribution in [1.29, 1.82) is 0 Å². The maximum atomic E-state index is 14.4. The number of nitrogens with one attached hydrogen (secondary N) is 1. The topological polar surface area (TPSA) is 41.6 Å². The van der Waals surface area contributed by atoms with Gasteiger partial charge in [-0.15, -0.1) is 0 Å². The number of rotatable bonds is 3. The Bertz CT molecular complexity index is 959. The Kier molecular flexibility index (Phi) is 5.23. The maximum Gasteiger partial charge on any atom is 0.337 e. The zero-order valence-corrected chi connectivity index (χ0v) is 15.9. The van der Waals surface area contributed by atoms with Crippen LogP contribution in [0.1, 0.15) is 24.1 Å². The largest absolute Gasteiger partial charge is 0.466 e. The van der Waals surface area contributed by atoms with Crippen LogP contribution in [-0.2, 0) is 9.53 Å². The minimum atomic E-state index is -0.883. The van der Waals surface area contributed by atoms with Gasteiger partial charge >= 0.3 is 5.97 Å². The SMILES string of the molecule is COC(=O)C1=C(C)N(c2cccc(C)c2)C(=S)N[C@H]1c1ccc(F)cc1F.